The van der Waals surface area contributed by atoms with Crippen molar-refractivity contribution in [3.63, 3.8) is 0 Å². The highest BCUT2D eigenvalue weighted by atomic mass is 32.1. The van der Waals surface area contributed by atoms with Gasteiger partial charge in [-0.2, -0.15) is 0 Å². The first-order valence-corrected chi connectivity index (χ1v) is 10.8. The molecule has 1 unspecified atom stereocenters. The van der Waals surface area contributed by atoms with Crippen LogP contribution in [0.5, 0.6) is 0 Å². The van der Waals surface area contributed by atoms with E-state index in [1.54, 1.807) is 28.6 Å². The van der Waals surface area contributed by atoms with Crippen molar-refractivity contribution in [2.24, 2.45) is 0 Å². The summed E-state index contributed by atoms with van der Waals surface area (Å²) in [6.45, 7) is 0.582. The van der Waals surface area contributed by atoms with Crippen molar-refractivity contribution < 1.29 is 9.90 Å². The summed E-state index contributed by atoms with van der Waals surface area (Å²) < 4.78 is 2.49. The van der Waals surface area contributed by atoms with Gasteiger partial charge >= 0.3 is 0 Å². The number of thiazole rings is 1. The largest absolute Gasteiger partial charge is 0.395 e. The van der Waals surface area contributed by atoms with Gasteiger partial charge in [-0.15, -0.1) is 11.3 Å². The van der Waals surface area contributed by atoms with Crippen LogP contribution >= 0.6 is 11.3 Å². The number of hydrogen-bond donors (Lipinski definition) is 1. The number of carbonyl (C=O) groups is 1. The van der Waals surface area contributed by atoms with Gasteiger partial charge < -0.3 is 10.0 Å². The predicted molar refractivity (Wildman–Crippen MR) is 116 cm³/mol. The van der Waals surface area contributed by atoms with Crippen LogP contribution in [0.25, 0.3) is 21.1 Å². The lowest BCUT2D eigenvalue weighted by Gasteiger charge is -2.26. The van der Waals surface area contributed by atoms with Crippen molar-refractivity contribution in [2.75, 3.05) is 13.2 Å². The van der Waals surface area contributed by atoms with Crippen LogP contribution in [0.4, 0.5) is 0 Å². The van der Waals surface area contributed by atoms with E-state index >= 15 is 0 Å². The zero-order chi connectivity index (χ0) is 20.7. The van der Waals surface area contributed by atoms with Crippen molar-refractivity contribution in [1.82, 2.24) is 19.4 Å². The summed E-state index contributed by atoms with van der Waals surface area (Å²) in [6.07, 6.45) is 1.56. The Hall–Kier alpha value is -3.10. The summed E-state index contributed by atoms with van der Waals surface area (Å²) in [5, 5.41) is 10.1. The van der Waals surface area contributed by atoms with Crippen molar-refractivity contribution >= 4 is 38.4 Å². The van der Waals surface area contributed by atoms with Crippen LogP contribution in [0.1, 0.15) is 35.1 Å². The van der Waals surface area contributed by atoms with E-state index in [2.05, 4.69) is 4.98 Å². The van der Waals surface area contributed by atoms with Crippen molar-refractivity contribution in [3.05, 3.63) is 69.7 Å². The molecule has 0 bridgehead atoms. The summed E-state index contributed by atoms with van der Waals surface area (Å²) in [7, 11) is 0. The van der Waals surface area contributed by atoms with E-state index in [4.69, 9.17) is 4.98 Å². The van der Waals surface area contributed by atoms with Crippen molar-refractivity contribution in [2.45, 2.75) is 25.4 Å². The highest BCUT2D eigenvalue weighted by Crippen LogP contribution is 2.33. The molecule has 1 N–H and O–H groups in total. The molecule has 3 heterocycles. The number of hydrogen-bond acceptors (Lipinski definition) is 6. The third-order valence-electron chi connectivity index (χ3n) is 5.60. The first-order chi connectivity index (χ1) is 14.7. The number of para-hydroxylation sites is 1. The second-order valence-electron chi connectivity index (χ2n) is 7.36. The third-order valence-corrected chi connectivity index (χ3v) is 6.40. The molecule has 7 nitrogen and oxygen atoms in total. The number of aliphatic hydroxyl groups excluding tert-OH is 1. The number of likely N-dealkylation sites (tertiary alicyclic amines) is 1. The number of aromatic nitrogens is 3. The SMILES string of the molecule is O=C(c1ccc2ncsc2c1)N1CCCC1c1nc2ccccc2c(=O)n1CCO. The van der Waals surface area contributed by atoms with E-state index in [-0.39, 0.29) is 30.7 Å². The van der Waals surface area contributed by atoms with Crippen LogP contribution in [0.2, 0.25) is 0 Å². The lowest BCUT2D eigenvalue weighted by atomic mass is 10.1. The predicted octanol–water partition coefficient (Wildman–Crippen LogP) is 2.98. The molecule has 1 saturated heterocycles. The standard InChI is InChI=1S/C22H20N4O3S/c27-11-10-26-20(24-16-5-2-1-4-15(16)22(26)29)18-6-3-9-25(18)21(28)14-7-8-17-19(12-14)30-13-23-17/h1-2,4-5,7-8,12-13,18,27H,3,6,9-11H2. The summed E-state index contributed by atoms with van der Waals surface area (Å²) in [5.41, 5.74) is 3.68. The Morgan fingerprint density at radius 3 is 2.93 bits per heavy atom. The Labute approximate surface area is 176 Å². The second-order valence-corrected chi connectivity index (χ2v) is 8.25. The number of rotatable bonds is 4. The number of fused-ring (bicyclic) bond motifs is 2. The van der Waals surface area contributed by atoms with Crippen LogP contribution in [-0.4, -0.2) is 43.6 Å². The topological polar surface area (TPSA) is 88.3 Å². The first-order valence-electron chi connectivity index (χ1n) is 9.92. The molecule has 1 aliphatic rings. The maximum Gasteiger partial charge on any atom is 0.261 e. The molecule has 1 aliphatic heterocycles. The summed E-state index contributed by atoms with van der Waals surface area (Å²) in [4.78, 5) is 37.2. The minimum atomic E-state index is -0.307. The molecule has 0 aliphatic carbocycles. The maximum absolute atomic E-state index is 13.4. The zero-order valence-electron chi connectivity index (χ0n) is 16.2. The van der Waals surface area contributed by atoms with E-state index < -0.39 is 0 Å². The van der Waals surface area contributed by atoms with Crippen LogP contribution in [0.3, 0.4) is 0 Å². The fourth-order valence-electron chi connectivity index (χ4n) is 4.19. The quantitative estimate of drug-likeness (QED) is 0.548. The highest BCUT2D eigenvalue weighted by Gasteiger charge is 2.34. The fourth-order valence-corrected chi connectivity index (χ4v) is 4.90. The van der Waals surface area contributed by atoms with E-state index in [9.17, 15) is 14.7 Å². The lowest BCUT2D eigenvalue weighted by Crippen LogP contribution is -2.36. The molecular formula is C22H20N4O3S. The Morgan fingerprint density at radius 1 is 1.20 bits per heavy atom. The Bertz CT molecular complexity index is 1310. The summed E-state index contributed by atoms with van der Waals surface area (Å²) in [6, 6.07) is 12.4. The molecule has 2 aromatic carbocycles. The van der Waals surface area contributed by atoms with E-state index in [1.165, 1.54) is 15.9 Å². The maximum atomic E-state index is 13.4. The van der Waals surface area contributed by atoms with Gasteiger partial charge in [0.25, 0.3) is 11.5 Å². The number of amides is 1. The fraction of sp³-hybridized carbons (Fsp3) is 0.273. The van der Waals surface area contributed by atoms with Crippen LogP contribution < -0.4 is 5.56 Å². The second kappa shape index (κ2) is 7.62. The summed E-state index contributed by atoms with van der Waals surface area (Å²) in [5.74, 6) is 0.461. The van der Waals surface area contributed by atoms with Gasteiger partial charge in [0.2, 0.25) is 0 Å². The normalized spacial score (nSPS) is 16.6. The van der Waals surface area contributed by atoms with Gasteiger partial charge in [-0.1, -0.05) is 12.1 Å². The van der Waals surface area contributed by atoms with Gasteiger partial charge in [0, 0.05) is 12.1 Å². The average Bonchev–Trinajstić information content (AvgIpc) is 3.44. The number of nitrogens with zero attached hydrogens (tertiary/aromatic N) is 4. The van der Waals surface area contributed by atoms with Gasteiger partial charge in [-0.05, 0) is 43.2 Å². The first kappa shape index (κ1) is 18.9. The zero-order valence-corrected chi connectivity index (χ0v) is 17.0. The van der Waals surface area contributed by atoms with Crippen LogP contribution in [0.15, 0.2) is 52.8 Å². The van der Waals surface area contributed by atoms with E-state index in [1.807, 2.05) is 24.3 Å². The van der Waals surface area contributed by atoms with Crippen molar-refractivity contribution in [1.29, 1.82) is 0 Å². The average molecular weight is 420 g/mol. The number of aliphatic hydroxyl groups is 1. The molecule has 5 rings (SSSR count). The third kappa shape index (κ3) is 3.09. The van der Waals surface area contributed by atoms with Gasteiger partial charge in [-0.3, -0.25) is 14.2 Å². The smallest absolute Gasteiger partial charge is 0.261 e. The molecule has 4 aromatic rings. The molecular weight excluding hydrogens is 400 g/mol. The van der Waals surface area contributed by atoms with Gasteiger partial charge in [0.05, 0.1) is 45.8 Å². The molecule has 1 atom stereocenters. The molecule has 30 heavy (non-hydrogen) atoms. The molecule has 0 spiro atoms. The van der Waals surface area contributed by atoms with Crippen LogP contribution in [-0.2, 0) is 6.54 Å². The lowest BCUT2D eigenvalue weighted by molar-refractivity contribution is 0.0726. The molecule has 152 valence electrons. The Balaban J connectivity index is 1.59. The van der Waals surface area contributed by atoms with E-state index in [0.29, 0.717) is 28.8 Å². The molecule has 8 heteroatoms. The Morgan fingerprint density at radius 2 is 2.07 bits per heavy atom. The highest BCUT2D eigenvalue weighted by molar-refractivity contribution is 7.16. The van der Waals surface area contributed by atoms with Crippen LogP contribution in [0, 0.1) is 0 Å². The molecule has 0 radical (unpaired) electrons. The minimum Gasteiger partial charge on any atom is -0.395 e. The molecule has 2 aromatic heterocycles. The number of benzene rings is 2. The van der Waals surface area contributed by atoms with Gasteiger partial charge in [-0.25, -0.2) is 9.97 Å². The van der Waals surface area contributed by atoms with Crippen molar-refractivity contribution in [3.8, 4) is 0 Å². The Kier molecular flexibility index (Phi) is 4.80. The summed E-state index contributed by atoms with van der Waals surface area (Å²) >= 11 is 1.50. The van der Waals surface area contributed by atoms with Gasteiger partial charge in [0.15, 0.2) is 0 Å². The van der Waals surface area contributed by atoms with Gasteiger partial charge in [0.1, 0.15) is 5.82 Å². The molecule has 0 saturated carbocycles. The molecule has 1 amide bonds. The monoisotopic (exact) mass is 420 g/mol. The molecule has 1 fully saturated rings. The van der Waals surface area contributed by atoms with E-state index in [0.717, 1.165) is 23.1 Å². The minimum absolute atomic E-state index is 0.0780. The number of carbonyl (C=O) groups excluding carboxylic acids is 1.